The van der Waals surface area contributed by atoms with Crippen molar-refractivity contribution in [2.24, 2.45) is 18.9 Å². The summed E-state index contributed by atoms with van der Waals surface area (Å²) in [7, 11) is 1.89. The van der Waals surface area contributed by atoms with Crippen LogP contribution in [0.3, 0.4) is 0 Å². The van der Waals surface area contributed by atoms with Crippen LogP contribution >= 0.6 is 0 Å². The molecular formula is C37H51F2N7O2. The lowest BCUT2D eigenvalue weighted by atomic mass is 9.78. The zero-order chi connectivity index (χ0) is 33.7. The largest absolute Gasteiger partial charge is 0.481 e. The lowest BCUT2D eigenvalue weighted by Gasteiger charge is -2.33. The number of rotatable bonds is 12. The van der Waals surface area contributed by atoms with Gasteiger partial charge < -0.3 is 20.6 Å². The van der Waals surface area contributed by atoms with Crippen LogP contribution in [0.15, 0.2) is 42.7 Å². The Morgan fingerprint density at radius 2 is 1.88 bits per heavy atom. The third-order valence-electron chi connectivity index (χ3n) is 10.9. The second kappa shape index (κ2) is 15.4. The van der Waals surface area contributed by atoms with E-state index < -0.39 is 11.9 Å². The number of anilines is 1. The number of nitrogens with zero attached hydrogens (tertiary/aromatic N) is 5. The van der Waals surface area contributed by atoms with Gasteiger partial charge in [-0.15, -0.1) is 0 Å². The third kappa shape index (κ3) is 8.58. The number of aromatic nitrogens is 4. The summed E-state index contributed by atoms with van der Waals surface area (Å²) in [6, 6.07) is 10.7. The number of carboxylic acids is 1. The van der Waals surface area contributed by atoms with Crippen LogP contribution in [-0.4, -0.2) is 67.3 Å². The van der Waals surface area contributed by atoms with E-state index in [9.17, 15) is 18.7 Å². The third-order valence-corrected chi connectivity index (χ3v) is 10.9. The first-order chi connectivity index (χ1) is 23.2. The molecule has 0 spiro atoms. The number of benzene rings is 1. The molecule has 1 aliphatic heterocycles. The van der Waals surface area contributed by atoms with Gasteiger partial charge in [0.15, 0.2) is 0 Å². The molecule has 3 atom stereocenters. The summed E-state index contributed by atoms with van der Waals surface area (Å²) in [5, 5.41) is 21.5. The zero-order valence-corrected chi connectivity index (χ0v) is 28.4. The molecule has 0 unspecified atom stereocenters. The van der Waals surface area contributed by atoms with Crippen molar-refractivity contribution in [3.8, 4) is 0 Å². The summed E-state index contributed by atoms with van der Waals surface area (Å²) in [5.74, 6) is -1.16. The Kier molecular flexibility index (Phi) is 11.1. The molecular weight excluding hydrogens is 612 g/mol. The number of nitrogens with one attached hydrogen (secondary N) is 2. The number of hydrogen-bond acceptors (Lipinski definition) is 7. The second-order valence-corrected chi connectivity index (χ2v) is 14.3. The molecule has 0 radical (unpaired) electrons. The van der Waals surface area contributed by atoms with E-state index in [1.165, 1.54) is 5.56 Å². The van der Waals surface area contributed by atoms with Gasteiger partial charge in [0.1, 0.15) is 11.6 Å². The van der Waals surface area contributed by atoms with E-state index in [1.807, 2.05) is 25.5 Å². The van der Waals surface area contributed by atoms with Gasteiger partial charge >= 0.3 is 5.97 Å². The Morgan fingerprint density at radius 3 is 2.58 bits per heavy atom. The number of alkyl halides is 2. The van der Waals surface area contributed by atoms with Crippen molar-refractivity contribution in [3.05, 3.63) is 70.9 Å². The normalized spacial score (nSPS) is 24.3. The van der Waals surface area contributed by atoms with E-state index in [0.29, 0.717) is 44.4 Å². The van der Waals surface area contributed by atoms with Crippen LogP contribution in [0.2, 0.25) is 0 Å². The van der Waals surface area contributed by atoms with Gasteiger partial charge in [0.25, 0.3) is 0 Å². The van der Waals surface area contributed by atoms with Crippen LogP contribution in [0.1, 0.15) is 105 Å². The smallest absolute Gasteiger partial charge is 0.306 e. The molecule has 0 amide bonds. The number of aryl methyl sites for hydroxylation is 2. The topological polar surface area (TPSA) is 108 Å². The number of halogens is 2. The van der Waals surface area contributed by atoms with E-state index in [4.69, 9.17) is 9.97 Å². The number of likely N-dealkylation sites (tertiary alicyclic amines) is 1. The highest BCUT2D eigenvalue weighted by Gasteiger charge is 2.34. The molecule has 3 aromatic rings. The maximum Gasteiger partial charge on any atom is 0.306 e. The summed E-state index contributed by atoms with van der Waals surface area (Å²) in [5.41, 5.74) is 4.52. The monoisotopic (exact) mass is 663 g/mol. The van der Waals surface area contributed by atoms with E-state index in [-0.39, 0.29) is 30.8 Å². The van der Waals surface area contributed by atoms with E-state index in [0.717, 1.165) is 79.8 Å². The van der Waals surface area contributed by atoms with E-state index in [2.05, 4.69) is 51.8 Å². The number of hydrogen-bond donors (Lipinski definition) is 3. The van der Waals surface area contributed by atoms with Gasteiger partial charge in [-0.25, -0.2) is 18.7 Å². The fourth-order valence-electron chi connectivity index (χ4n) is 8.09. The summed E-state index contributed by atoms with van der Waals surface area (Å²) in [6.07, 6.45) is 11.1. The van der Waals surface area contributed by atoms with Crippen LogP contribution < -0.4 is 10.6 Å². The molecule has 260 valence electrons. The van der Waals surface area contributed by atoms with Gasteiger partial charge in [0, 0.05) is 62.0 Å². The molecule has 2 aromatic heterocycles. The number of aliphatic carboxylic acids is 1. The minimum atomic E-state index is -2.61. The fraction of sp³-hybridized carbons (Fsp3) is 0.622. The van der Waals surface area contributed by atoms with Crippen LogP contribution in [0.5, 0.6) is 0 Å². The highest BCUT2D eigenvalue weighted by molar-refractivity contribution is 5.70. The van der Waals surface area contributed by atoms with Crippen molar-refractivity contribution in [2.75, 3.05) is 25.0 Å². The van der Waals surface area contributed by atoms with Gasteiger partial charge in [-0.1, -0.05) is 37.3 Å². The Bertz CT molecular complexity index is 1510. The van der Waals surface area contributed by atoms with Crippen molar-refractivity contribution in [1.82, 2.24) is 30.0 Å². The number of carbonyl (C=O) groups is 1. The summed E-state index contributed by atoms with van der Waals surface area (Å²) in [6.45, 7) is 4.27. The molecule has 1 saturated heterocycles. The highest BCUT2D eigenvalue weighted by atomic mass is 19.3. The molecule has 11 heteroatoms. The Labute approximate surface area is 282 Å². The highest BCUT2D eigenvalue weighted by Crippen LogP contribution is 2.37. The average Bonchev–Trinajstić information content (AvgIpc) is 3.45. The zero-order valence-electron chi connectivity index (χ0n) is 28.4. The minimum Gasteiger partial charge on any atom is -0.481 e. The second-order valence-electron chi connectivity index (χ2n) is 14.3. The molecule has 1 aromatic carbocycles. The van der Waals surface area contributed by atoms with E-state index >= 15 is 0 Å². The molecule has 6 rings (SSSR count). The molecule has 1 saturated carbocycles. The Hall–Kier alpha value is -3.44. The Morgan fingerprint density at radius 1 is 1.08 bits per heavy atom. The first-order valence-electron chi connectivity index (χ1n) is 17.9. The van der Waals surface area contributed by atoms with E-state index in [1.54, 1.807) is 4.68 Å². The van der Waals surface area contributed by atoms with Crippen molar-refractivity contribution in [3.63, 3.8) is 0 Å². The summed E-state index contributed by atoms with van der Waals surface area (Å²) >= 11 is 0. The SMILES string of the molecule is CC[C@@H](NCc1nc2c(c(N[C@@H](CN3CCCC(F)(F)CC3)c3cnn(C)c3)n1)C[C@H](c1ccccc1)CC2)C1CCC(C(=O)O)CC1. The minimum absolute atomic E-state index is 0.0646. The molecule has 2 fully saturated rings. The quantitative estimate of drug-likeness (QED) is 0.201. The van der Waals surface area contributed by atoms with Crippen molar-refractivity contribution in [1.29, 1.82) is 0 Å². The molecule has 2 aliphatic carbocycles. The van der Waals surface area contributed by atoms with Gasteiger partial charge in [0.2, 0.25) is 5.92 Å². The number of carboxylic acid groups (broad SMARTS) is 1. The molecule has 9 nitrogen and oxygen atoms in total. The van der Waals surface area contributed by atoms with Gasteiger partial charge in [-0.2, -0.15) is 5.10 Å². The lowest BCUT2D eigenvalue weighted by molar-refractivity contribution is -0.143. The van der Waals surface area contributed by atoms with Crippen molar-refractivity contribution >= 4 is 11.8 Å². The molecule has 48 heavy (non-hydrogen) atoms. The van der Waals surface area contributed by atoms with Gasteiger partial charge in [-0.05, 0) is 81.7 Å². The van der Waals surface area contributed by atoms with Crippen LogP contribution in [0.4, 0.5) is 14.6 Å². The van der Waals surface area contributed by atoms with Crippen LogP contribution in [-0.2, 0) is 31.2 Å². The predicted octanol–water partition coefficient (Wildman–Crippen LogP) is 6.52. The van der Waals surface area contributed by atoms with Gasteiger partial charge in [0.05, 0.1) is 24.7 Å². The maximum atomic E-state index is 14.3. The van der Waals surface area contributed by atoms with Gasteiger partial charge in [-0.3, -0.25) is 9.48 Å². The standard InChI is InChI=1S/C37H51F2N7O2/c1-3-31(26-10-12-27(13-11-26)36(47)48)40-22-34-42-32-15-14-28(25-8-5-4-6-9-25)20-30(32)35(44-34)43-33(29-21-41-45(2)23-29)24-46-18-7-16-37(38,39)17-19-46/h4-6,8-9,21,23,26-28,31,33,40H,3,7,10-20,22,24H2,1-2H3,(H,47,48)(H,42,43,44)/t26?,27?,28-,31-,33+/m1/s1. The summed E-state index contributed by atoms with van der Waals surface area (Å²) in [4.78, 5) is 24.0. The van der Waals surface area contributed by atoms with Crippen LogP contribution in [0, 0.1) is 11.8 Å². The lowest BCUT2D eigenvalue weighted by Crippen LogP contribution is -2.38. The van der Waals surface area contributed by atoms with Crippen molar-refractivity contribution < 1.29 is 18.7 Å². The molecule has 0 bridgehead atoms. The maximum absolute atomic E-state index is 14.3. The first-order valence-corrected chi connectivity index (χ1v) is 17.9. The molecule has 3 N–H and O–H groups in total. The summed E-state index contributed by atoms with van der Waals surface area (Å²) < 4.78 is 30.3. The predicted molar refractivity (Wildman–Crippen MR) is 182 cm³/mol. The first kappa shape index (κ1) is 34.4. The van der Waals surface area contributed by atoms with Crippen LogP contribution in [0.25, 0.3) is 0 Å². The number of fused-ring (bicyclic) bond motifs is 1. The average molecular weight is 664 g/mol. The fourth-order valence-corrected chi connectivity index (χ4v) is 8.09. The molecule has 3 aliphatic rings. The molecule has 3 heterocycles. The van der Waals surface area contributed by atoms with Crippen molar-refractivity contribution in [2.45, 2.75) is 108 Å². The Balaban J connectivity index is 1.26.